The molecule has 0 bridgehead atoms. The first kappa shape index (κ1) is 14.3. The normalized spacial score (nSPS) is 14.7. The van der Waals surface area contributed by atoms with Crippen LogP contribution in [0.15, 0.2) is 40.0 Å². The molecule has 0 saturated heterocycles. The lowest BCUT2D eigenvalue weighted by molar-refractivity contribution is 0.262. The summed E-state index contributed by atoms with van der Waals surface area (Å²) in [5.74, 6) is 0.600. The number of hydrogen-bond donors (Lipinski definition) is 1. The second-order valence-corrected chi connectivity index (χ2v) is 6.22. The number of halogens is 1. The van der Waals surface area contributed by atoms with Gasteiger partial charge in [0.2, 0.25) is 0 Å². The molecule has 2 heterocycles. The second kappa shape index (κ2) is 6.39. The zero-order chi connectivity index (χ0) is 14.7. The highest BCUT2D eigenvalue weighted by molar-refractivity contribution is 9.10. The molecule has 2 aromatic heterocycles. The Kier molecular flexibility index (Phi) is 4.34. The first-order chi connectivity index (χ1) is 10.2. The van der Waals surface area contributed by atoms with Gasteiger partial charge >= 0.3 is 0 Å². The second-order valence-electron chi connectivity index (χ2n) is 5.37. The average molecular weight is 349 g/mol. The standard InChI is InChI=1S/C15H17BrN4O/c16-13-9-19-20(10-11-3-1-4-11)15(21)14(13)18-8-12-5-2-6-17-7-12/h2,5-7,9,11,18H,1,3-4,8,10H2. The Hall–Kier alpha value is -1.69. The molecule has 1 aliphatic carbocycles. The summed E-state index contributed by atoms with van der Waals surface area (Å²) in [6, 6.07) is 3.86. The molecular weight excluding hydrogens is 332 g/mol. The Balaban J connectivity index is 1.77. The van der Waals surface area contributed by atoms with Crippen LogP contribution in [-0.4, -0.2) is 14.8 Å². The molecule has 1 fully saturated rings. The van der Waals surface area contributed by atoms with Crippen LogP contribution in [0.5, 0.6) is 0 Å². The van der Waals surface area contributed by atoms with E-state index < -0.39 is 0 Å². The van der Waals surface area contributed by atoms with Gasteiger partial charge in [0.25, 0.3) is 5.56 Å². The van der Waals surface area contributed by atoms with Gasteiger partial charge in [0.15, 0.2) is 0 Å². The van der Waals surface area contributed by atoms with Crippen molar-refractivity contribution in [2.24, 2.45) is 5.92 Å². The van der Waals surface area contributed by atoms with E-state index in [0.29, 0.717) is 29.2 Å². The molecule has 0 spiro atoms. The van der Waals surface area contributed by atoms with Crippen LogP contribution in [0.4, 0.5) is 5.69 Å². The Labute approximate surface area is 131 Å². The summed E-state index contributed by atoms with van der Waals surface area (Å²) in [7, 11) is 0. The van der Waals surface area contributed by atoms with Crippen LogP contribution in [0.3, 0.4) is 0 Å². The Bertz CT molecular complexity index is 667. The van der Waals surface area contributed by atoms with Crippen LogP contribution in [0, 0.1) is 5.92 Å². The van der Waals surface area contributed by atoms with Crippen molar-refractivity contribution in [2.75, 3.05) is 5.32 Å². The van der Waals surface area contributed by atoms with Crippen molar-refractivity contribution >= 4 is 21.6 Å². The maximum Gasteiger partial charge on any atom is 0.291 e. The molecule has 1 saturated carbocycles. The maximum absolute atomic E-state index is 12.5. The van der Waals surface area contributed by atoms with Gasteiger partial charge in [0.05, 0.1) is 10.7 Å². The quantitative estimate of drug-likeness (QED) is 0.902. The van der Waals surface area contributed by atoms with E-state index in [-0.39, 0.29) is 5.56 Å². The zero-order valence-electron chi connectivity index (χ0n) is 11.6. The molecule has 0 radical (unpaired) electrons. The van der Waals surface area contributed by atoms with Gasteiger partial charge < -0.3 is 5.32 Å². The molecule has 0 aromatic carbocycles. The molecule has 21 heavy (non-hydrogen) atoms. The lowest BCUT2D eigenvalue weighted by Crippen LogP contribution is -2.30. The molecule has 0 unspecified atom stereocenters. The van der Waals surface area contributed by atoms with E-state index in [1.807, 2.05) is 12.1 Å². The summed E-state index contributed by atoms with van der Waals surface area (Å²) in [5, 5.41) is 7.41. The van der Waals surface area contributed by atoms with Gasteiger partial charge in [-0.05, 0) is 46.3 Å². The molecule has 5 nitrogen and oxygen atoms in total. The molecule has 2 aromatic rings. The number of hydrogen-bond acceptors (Lipinski definition) is 4. The number of aromatic nitrogens is 3. The molecule has 110 valence electrons. The number of nitrogens with zero attached hydrogens (tertiary/aromatic N) is 3. The third-order valence-corrected chi connectivity index (χ3v) is 4.45. The monoisotopic (exact) mass is 348 g/mol. The van der Waals surface area contributed by atoms with Crippen LogP contribution >= 0.6 is 15.9 Å². The third-order valence-electron chi connectivity index (χ3n) is 3.85. The molecular formula is C15H17BrN4O. The highest BCUT2D eigenvalue weighted by atomic mass is 79.9. The van der Waals surface area contributed by atoms with Crippen molar-refractivity contribution in [1.82, 2.24) is 14.8 Å². The average Bonchev–Trinajstić information content (AvgIpc) is 2.45. The van der Waals surface area contributed by atoms with Crippen molar-refractivity contribution in [2.45, 2.75) is 32.4 Å². The molecule has 3 rings (SSSR count). The van der Waals surface area contributed by atoms with Gasteiger partial charge in [0, 0.05) is 25.5 Å². The zero-order valence-corrected chi connectivity index (χ0v) is 13.2. The molecule has 0 amide bonds. The molecule has 6 heteroatoms. The topological polar surface area (TPSA) is 59.8 Å². The minimum absolute atomic E-state index is 0.0693. The smallest absolute Gasteiger partial charge is 0.291 e. The summed E-state index contributed by atoms with van der Waals surface area (Å²) < 4.78 is 2.27. The van der Waals surface area contributed by atoms with Crippen LogP contribution in [-0.2, 0) is 13.1 Å². The molecule has 0 atom stereocenters. The summed E-state index contributed by atoms with van der Waals surface area (Å²) in [6.45, 7) is 1.28. The Morgan fingerprint density at radius 1 is 1.38 bits per heavy atom. The van der Waals surface area contributed by atoms with Gasteiger partial charge in [-0.3, -0.25) is 9.78 Å². The van der Waals surface area contributed by atoms with Crippen molar-refractivity contribution in [3.8, 4) is 0 Å². The van der Waals surface area contributed by atoms with Crippen LogP contribution < -0.4 is 10.9 Å². The van der Waals surface area contributed by atoms with Crippen LogP contribution in [0.2, 0.25) is 0 Å². The van der Waals surface area contributed by atoms with Crippen molar-refractivity contribution < 1.29 is 0 Å². The van der Waals surface area contributed by atoms with E-state index in [1.54, 1.807) is 23.3 Å². The van der Waals surface area contributed by atoms with E-state index in [4.69, 9.17) is 0 Å². The fourth-order valence-electron chi connectivity index (χ4n) is 2.37. The minimum atomic E-state index is -0.0693. The number of anilines is 1. The van der Waals surface area contributed by atoms with Gasteiger partial charge in [-0.25, -0.2) is 4.68 Å². The number of pyridine rings is 1. The fourth-order valence-corrected chi connectivity index (χ4v) is 2.77. The fraction of sp³-hybridized carbons (Fsp3) is 0.400. The number of nitrogens with one attached hydrogen (secondary N) is 1. The highest BCUT2D eigenvalue weighted by Gasteiger charge is 2.20. The molecule has 0 aliphatic heterocycles. The predicted molar refractivity (Wildman–Crippen MR) is 85.1 cm³/mol. The van der Waals surface area contributed by atoms with E-state index in [9.17, 15) is 4.79 Å². The van der Waals surface area contributed by atoms with E-state index >= 15 is 0 Å². The summed E-state index contributed by atoms with van der Waals surface area (Å²) in [4.78, 5) is 16.5. The van der Waals surface area contributed by atoms with Crippen LogP contribution in [0.25, 0.3) is 0 Å². The summed E-state index contributed by atoms with van der Waals surface area (Å²) >= 11 is 3.40. The van der Waals surface area contributed by atoms with Crippen LogP contribution in [0.1, 0.15) is 24.8 Å². The number of rotatable bonds is 5. The predicted octanol–water partition coefficient (Wildman–Crippen LogP) is 2.81. The van der Waals surface area contributed by atoms with Crippen molar-refractivity contribution in [1.29, 1.82) is 0 Å². The molecule has 1 aliphatic rings. The van der Waals surface area contributed by atoms with Gasteiger partial charge in [0.1, 0.15) is 5.69 Å². The largest absolute Gasteiger partial charge is 0.375 e. The molecule has 1 N–H and O–H groups in total. The van der Waals surface area contributed by atoms with Crippen molar-refractivity contribution in [3.63, 3.8) is 0 Å². The summed E-state index contributed by atoms with van der Waals surface area (Å²) in [5.41, 5.74) is 1.53. The first-order valence-corrected chi connectivity index (χ1v) is 7.92. The first-order valence-electron chi connectivity index (χ1n) is 7.12. The van der Waals surface area contributed by atoms with Gasteiger partial charge in [-0.1, -0.05) is 12.5 Å². The third kappa shape index (κ3) is 3.32. The lowest BCUT2D eigenvalue weighted by Gasteiger charge is -2.25. The Morgan fingerprint density at radius 2 is 2.24 bits per heavy atom. The Morgan fingerprint density at radius 3 is 2.90 bits per heavy atom. The lowest BCUT2D eigenvalue weighted by atomic mass is 9.85. The van der Waals surface area contributed by atoms with Gasteiger partial charge in [-0.2, -0.15) is 5.10 Å². The highest BCUT2D eigenvalue weighted by Crippen LogP contribution is 2.27. The SMILES string of the molecule is O=c1c(NCc2cccnc2)c(Br)cnn1CC1CCC1. The van der Waals surface area contributed by atoms with Gasteiger partial charge in [-0.15, -0.1) is 0 Å². The van der Waals surface area contributed by atoms with E-state index in [2.05, 4.69) is 31.3 Å². The van der Waals surface area contributed by atoms with E-state index in [1.165, 1.54) is 19.3 Å². The van der Waals surface area contributed by atoms with Crippen molar-refractivity contribution in [3.05, 3.63) is 51.1 Å². The summed E-state index contributed by atoms with van der Waals surface area (Å²) in [6.07, 6.45) is 8.87. The maximum atomic E-state index is 12.5. The minimum Gasteiger partial charge on any atom is -0.375 e. The van der Waals surface area contributed by atoms with E-state index in [0.717, 1.165) is 5.56 Å².